The van der Waals surface area contributed by atoms with Gasteiger partial charge in [-0.05, 0) is 23.3 Å². The summed E-state index contributed by atoms with van der Waals surface area (Å²) >= 11 is 12.1. The fourth-order valence-corrected chi connectivity index (χ4v) is 5.97. The molecule has 0 radical (unpaired) electrons. The summed E-state index contributed by atoms with van der Waals surface area (Å²) in [6.07, 6.45) is 0. The molecule has 136 valence electrons. The van der Waals surface area contributed by atoms with E-state index >= 15 is 0 Å². The largest absolute Gasteiger partial charge is 0.352 e. The van der Waals surface area contributed by atoms with E-state index in [1.807, 2.05) is 24.3 Å². The predicted octanol–water partition coefficient (Wildman–Crippen LogP) is 3.03. The van der Waals surface area contributed by atoms with Crippen LogP contribution in [0.3, 0.4) is 0 Å². The van der Waals surface area contributed by atoms with Gasteiger partial charge < -0.3 is 5.32 Å². The summed E-state index contributed by atoms with van der Waals surface area (Å²) < 4.78 is 27.5. The minimum Gasteiger partial charge on any atom is -0.352 e. The average molecular weight is 411 g/mol. The maximum Gasteiger partial charge on any atom is 0.244 e. The number of fused-ring (bicyclic) bond motifs is 3. The standard InChI is InChI=1S/C18H16Cl2N2O3S/c19-15-6-3-7-16(17(15)20)26(24,25)22-9-13-12-5-2-1-4-11(12)8-21-18(23)14(13)10-22/h1-7,13-14H,8-10H2,(H,21,23)/t13-,14+/m1/s1. The number of benzene rings is 2. The molecule has 0 unspecified atom stereocenters. The lowest BCUT2D eigenvalue weighted by molar-refractivity contribution is -0.124. The van der Waals surface area contributed by atoms with Crippen LogP contribution in [0.15, 0.2) is 47.4 Å². The third-order valence-corrected chi connectivity index (χ3v) is 7.87. The van der Waals surface area contributed by atoms with Crippen molar-refractivity contribution in [2.24, 2.45) is 5.92 Å². The van der Waals surface area contributed by atoms with E-state index in [0.717, 1.165) is 11.1 Å². The molecule has 0 spiro atoms. The zero-order valence-corrected chi connectivity index (χ0v) is 16.0. The van der Waals surface area contributed by atoms with Crippen molar-refractivity contribution in [1.29, 1.82) is 0 Å². The fraction of sp³-hybridized carbons (Fsp3) is 0.278. The number of hydrogen-bond acceptors (Lipinski definition) is 3. The van der Waals surface area contributed by atoms with Gasteiger partial charge in [-0.1, -0.05) is 53.5 Å². The molecule has 2 atom stereocenters. The Kier molecular flexibility index (Phi) is 4.47. The lowest BCUT2D eigenvalue weighted by Crippen LogP contribution is -2.34. The number of carbonyl (C=O) groups excluding carboxylic acids is 1. The second-order valence-corrected chi connectivity index (χ2v) is 9.20. The van der Waals surface area contributed by atoms with Gasteiger partial charge in [-0.3, -0.25) is 4.79 Å². The molecule has 0 saturated carbocycles. The molecule has 0 aliphatic carbocycles. The Hall–Kier alpha value is -1.60. The van der Waals surface area contributed by atoms with E-state index < -0.39 is 15.9 Å². The molecule has 5 nitrogen and oxygen atoms in total. The number of nitrogens with one attached hydrogen (secondary N) is 1. The summed E-state index contributed by atoms with van der Waals surface area (Å²) in [5, 5.41) is 3.09. The van der Waals surface area contributed by atoms with Crippen LogP contribution in [0.5, 0.6) is 0 Å². The first kappa shape index (κ1) is 17.8. The van der Waals surface area contributed by atoms with Gasteiger partial charge in [0.2, 0.25) is 15.9 Å². The maximum absolute atomic E-state index is 13.1. The van der Waals surface area contributed by atoms with Crippen LogP contribution in [-0.2, 0) is 21.4 Å². The molecule has 1 saturated heterocycles. The molecular formula is C18H16Cl2N2O3S. The summed E-state index contributed by atoms with van der Waals surface area (Å²) in [4.78, 5) is 12.5. The number of hydrogen-bond donors (Lipinski definition) is 1. The molecule has 8 heteroatoms. The third kappa shape index (κ3) is 2.81. The molecule has 2 aliphatic rings. The minimum absolute atomic E-state index is 0.00566. The molecule has 1 fully saturated rings. The molecule has 0 aromatic heterocycles. The first-order valence-corrected chi connectivity index (χ1v) is 10.4. The Morgan fingerprint density at radius 1 is 1.00 bits per heavy atom. The van der Waals surface area contributed by atoms with Crippen LogP contribution in [0, 0.1) is 5.92 Å². The number of nitrogens with zero attached hydrogens (tertiary/aromatic N) is 1. The predicted molar refractivity (Wildman–Crippen MR) is 99.7 cm³/mol. The molecule has 2 aliphatic heterocycles. The van der Waals surface area contributed by atoms with Crippen LogP contribution >= 0.6 is 23.2 Å². The average Bonchev–Trinajstić information content (AvgIpc) is 3.03. The van der Waals surface area contributed by atoms with Gasteiger partial charge in [0, 0.05) is 25.6 Å². The Balaban J connectivity index is 1.74. The quantitative estimate of drug-likeness (QED) is 0.826. The molecule has 2 aromatic rings. The van der Waals surface area contributed by atoms with Crippen molar-refractivity contribution >= 4 is 39.1 Å². The van der Waals surface area contributed by atoms with Crippen LogP contribution in [0.25, 0.3) is 0 Å². The highest BCUT2D eigenvalue weighted by atomic mass is 35.5. The Morgan fingerprint density at radius 3 is 2.54 bits per heavy atom. The van der Waals surface area contributed by atoms with Crippen molar-refractivity contribution in [3.05, 3.63) is 63.6 Å². The Bertz CT molecular complexity index is 994. The van der Waals surface area contributed by atoms with Crippen LogP contribution < -0.4 is 5.32 Å². The van der Waals surface area contributed by atoms with E-state index in [1.54, 1.807) is 12.1 Å². The first-order chi connectivity index (χ1) is 12.4. The number of sulfonamides is 1. The van der Waals surface area contributed by atoms with Crippen LogP contribution in [0.4, 0.5) is 0 Å². The van der Waals surface area contributed by atoms with Crippen LogP contribution in [0.2, 0.25) is 10.0 Å². The molecule has 4 rings (SSSR count). The van der Waals surface area contributed by atoms with Gasteiger partial charge >= 0.3 is 0 Å². The molecule has 1 N–H and O–H groups in total. The van der Waals surface area contributed by atoms with Gasteiger partial charge in [0.1, 0.15) is 4.90 Å². The zero-order valence-electron chi connectivity index (χ0n) is 13.7. The van der Waals surface area contributed by atoms with Crippen LogP contribution in [-0.4, -0.2) is 31.7 Å². The van der Waals surface area contributed by atoms with E-state index in [2.05, 4.69) is 5.32 Å². The Labute approximate surface area is 162 Å². The van der Waals surface area contributed by atoms with Gasteiger partial charge in [-0.25, -0.2) is 8.42 Å². The van der Waals surface area contributed by atoms with Gasteiger partial charge in [0.25, 0.3) is 0 Å². The number of rotatable bonds is 2. The monoisotopic (exact) mass is 410 g/mol. The topological polar surface area (TPSA) is 66.5 Å². The van der Waals surface area contributed by atoms with Gasteiger partial charge in [0.15, 0.2) is 0 Å². The lowest BCUT2D eigenvalue weighted by atomic mass is 9.87. The number of amides is 1. The maximum atomic E-state index is 13.1. The van der Waals surface area contributed by atoms with Crippen molar-refractivity contribution in [2.75, 3.05) is 13.1 Å². The van der Waals surface area contributed by atoms with Crippen molar-refractivity contribution in [2.45, 2.75) is 17.4 Å². The van der Waals surface area contributed by atoms with E-state index in [0.29, 0.717) is 6.54 Å². The summed E-state index contributed by atoms with van der Waals surface area (Å²) in [5.41, 5.74) is 2.04. The van der Waals surface area contributed by atoms with E-state index in [9.17, 15) is 13.2 Å². The third-order valence-electron chi connectivity index (χ3n) is 5.06. The van der Waals surface area contributed by atoms with Crippen molar-refractivity contribution < 1.29 is 13.2 Å². The smallest absolute Gasteiger partial charge is 0.244 e. The summed E-state index contributed by atoms with van der Waals surface area (Å²) in [6.45, 7) is 0.825. The Morgan fingerprint density at radius 2 is 1.73 bits per heavy atom. The van der Waals surface area contributed by atoms with Crippen molar-refractivity contribution in [1.82, 2.24) is 9.62 Å². The highest BCUT2D eigenvalue weighted by Crippen LogP contribution is 2.40. The molecule has 0 bridgehead atoms. The normalized spacial score (nSPS) is 23.1. The number of carbonyl (C=O) groups is 1. The minimum atomic E-state index is -3.85. The van der Waals surface area contributed by atoms with Gasteiger partial charge in [-0.2, -0.15) is 4.31 Å². The number of halogens is 2. The molecule has 1 amide bonds. The fourth-order valence-electron chi connectivity index (χ4n) is 3.74. The van der Waals surface area contributed by atoms with Crippen LogP contribution in [0.1, 0.15) is 17.0 Å². The van der Waals surface area contributed by atoms with Crippen molar-refractivity contribution in [3.8, 4) is 0 Å². The molecular weight excluding hydrogens is 395 g/mol. The summed E-state index contributed by atoms with van der Waals surface area (Å²) in [6, 6.07) is 12.3. The van der Waals surface area contributed by atoms with Gasteiger partial charge in [0.05, 0.1) is 16.0 Å². The molecule has 2 aromatic carbocycles. The zero-order chi connectivity index (χ0) is 18.5. The molecule has 2 heterocycles. The summed E-state index contributed by atoms with van der Waals surface area (Å²) in [7, 11) is -3.85. The first-order valence-electron chi connectivity index (χ1n) is 8.19. The van der Waals surface area contributed by atoms with Gasteiger partial charge in [-0.15, -0.1) is 0 Å². The lowest BCUT2D eigenvalue weighted by Gasteiger charge is -2.18. The van der Waals surface area contributed by atoms with E-state index in [4.69, 9.17) is 23.2 Å². The van der Waals surface area contributed by atoms with E-state index in [1.165, 1.54) is 10.4 Å². The van der Waals surface area contributed by atoms with Crippen molar-refractivity contribution in [3.63, 3.8) is 0 Å². The second kappa shape index (κ2) is 6.53. The summed E-state index contributed by atoms with van der Waals surface area (Å²) in [5.74, 6) is -0.728. The SMILES string of the molecule is O=C1NCc2ccccc2[C@H]2CN(S(=O)(=O)c3cccc(Cl)c3Cl)C[C@H]12. The highest BCUT2D eigenvalue weighted by Gasteiger charge is 2.45. The second-order valence-electron chi connectivity index (χ2n) is 6.50. The molecule has 26 heavy (non-hydrogen) atoms. The highest BCUT2D eigenvalue weighted by molar-refractivity contribution is 7.89. The van der Waals surface area contributed by atoms with E-state index in [-0.39, 0.29) is 39.9 Å².